The van der Waals surface area contributed by atoms with E-state index < -0.39 is 0 Å². The zero-order chi connectivity index (χ0) is 9.40. The zero-order valence-electron chi connectivity index (χ0n) is 7.58. The lowest BCUT2D eigenvalue weighted by atomic mass is 10.1. The van der Waals surface area contributed by atoms with Gasteiger partial charge in [-0.1, -0.05) is 49.2 Å². The number of thiocarbonyl (C=S) groups is 1. The monoisotopic (exact) mass is 178 g/mol. The van der Waals surface area contributed by atoms with Crippen molar-refractivity contribution in [3.05, 3.63) is 48.1 Å². The average Bonchev–Trinajstić information content (AvgIpc) is 2.06. The minimum Gasteiger partial charge on any atom is -0.0911 e. The molecule has 0 aromatic heterocycles. The molecule has 0 unspecified atom stereocenters. The first-order chi connectivity index (χ1) is 5.76. The first kappa shape index (κ1) is 11.1. The van der Waals surface area contributed by atoms with Gasteiger partial charge in [0.25, 0.3) is 0 Å². The predicted molar refractivity (Wildman–Crippen MR) is 60.5 cm³/mol. The van der Waals surface area contributed by atoms with E-state index in [1.165, 1.54) is 0 Å². The van der Waals surface area contributed by atoms with Crippen molar-refractivity contribution in [1.29, 1.82) is 0 Å². The van der Waals surface area contributed by atoms with Gasteiger partial charge in [-0.15, -0.1) is 0 Å². The summed E-state index contributed by atoms with van der Waals surface area (Å²) in [6, 6.07) is 0. The van der Waals surface area contributed by atoms with Crippen LogP contribution in [0.2, 0.25) is 0 Å². The van der Waals surface area contributed by atoms with Crippen LogP contribution in [0, 0.1) is 0 Å². The fourth-order valence-corrected chi connectivity index (χ4v) is 0.949. The van der Waals surface area contributed by atoms with Gasteiger partial charge in [0.1, 0.15) is 0 Å². The number of hydrogen-bond acceptors (Lipinski definition) is 1. The topological polar surface area (TPSA) is 0 Å². The molecular weight excluding hydrogens is 164 g/mol. The van der Waals surface area contributed by atoms with Crippen molar-refractivity contribution < 1.29 is 0 Å². The number of allylic oxidation sites excluding steroid dienone is 7. The van der Waals surface area contributed by atoms with E-state index in [0.29, 0.717) is 0 Å². The molecule has 0 fully saturated rings. The summed E-state index contributed by atoms with van der Waals surface area (Å²) in [5.41, 5.74) is 1.94. The van der Waals surface area contributed by atoms with E-state index in [9.17, 15) is 0 Å². The molecular formula is C11H14S. The van der Waals surface area contributed by atoms with Crippen LogP contribution in [0.1, 0.15) is 13.8 Å². The van der Waals surface area contributed by atoms with Crippen molar-refractivity contribution in [3.8, 4) is 0 Å². The molecule has 0 saturated carbocycles. The lowest BCUT2D eigenvalue weighted by Gasteiger charge is -1.97. The highest BCUT2D eigenvalue weighted by Gasteiger charge is 1.91. The van der Waals surface area contributed by atoms with Gasteiger partial charge in [-0.25, -0.2) is 0 Å². The molecule has 0 aromatic carbocycles. The van der Waals surface area contributed by atoms with Crippen molar-refractivity contribution >= 4 is 17.6 Å². The maximum atomic E-state index is 4.86. The van der Waals surface area contributed by atoms with Gasteiger partial charge in [-0.3, -0.25) is 0 Å². The van der Waals surface area contributed by atoms with E-state index in [-0.39, 0.29) is 0 Å². The average molecular weight is 178 g/mol. The van der Waals surface area contributed by atoms with Crippen LogP contribution in [0.25, 0.3) is 0 Å². The summed E-state index contributed by atoms with van der Waals surface area (Å²) >= 11 is 4.86. The molecule has 64 valence electrons. The van der Waals surface area contributed by atoms with E-state index in [4.69, 9.17) is 12.2 Å². The number of hydrogen-bond donors (Lipinski definition) is 0. The Morgan fingerprint density at radius 1 is 1.25 bits per heavy atom. The summed E-state index contributed by atoms with van der Waals surface area (Å²) < 4.78 is 0. The van der Waals surface area contributed by atoms with Crippen molar-refractivity contribution in [1.82, 2.24) is 0 Å². The third-order valence-corrected chi connectivity index (χ3v) is 1.59. The minimum atomic E-state index is 0.950. The Morgan fingerprint density at radius 3 is 2.33 bits per heavy atom. The Bertz CT molecular complexity index is 242. The largest absolute Gasteiger partial charge is 0.0911 e. The summed E-state index contributed by atoms with van der Waals surface area (Å²) in [4.78, 5) is 0. The molecule has 0 heterocycles. The highest BCUT2D eigenvalue weighted by atomic mass is 32.1. The van der Waals surface area contributed by atoms with E-state index in [0.717, 1.165) is 11.1 Å². The second kappa shape index (κ2) is 6.74. The molecule has 0 radical (unpaired) electrons. The van der Waals surface area contributed by atoms with Crippen molar-refractivity contribution in [2.24, 2.45) is 0 Å². The molecule has 1 heteroatoms. The van der Waals surface area contributed by atoms with Crippen LogP contribution in [0.3, 0.4) is 0 Å². The van der Waals surface area contributed by atoms with Gasteiger partial charge >= 0.3 is 0 Å². The summed E-state index contributed by atoms with van der Waals surface area (Å²) in [5, 5.41) is 1.64. The molecule has 0 saturated heterocycles. The Kier molecular flexibility index (Phi) is 6.21. The van der Waals surface area contributed by atoms with Crippen LogP contribution in [-0.4, -0.2) is 5.37 Å². The zero-order valence-corrected chi connectivity index (χ0v) is 8.40. The minimum absolute atomic E-state index is 0.950. The van der Waals surface area contributed by atoms with Gasteiger partial charge in [0.2, 0.25) is 0 Å². The van der Waals surface area contributed by atoms with Gasteiger partial charge in [0, 0.05) is 5.37 Å². The van der Waals surface area contributed by atoms with E-state index in [2.05, 4.69) is 6.58 Å². The summed E-state index contributed by atoms with van der Waals surface area (Å²) in [6.07, 6.45) is 9.76. The maximum Gasteiger partial charge on any atom is 0.00919 e. The van der Waals surface area contributed by atoms with Crippen LogP contribution in [0.15, 0.2) is 48.1 Å². The molecule has 0 aliphatic carbocycles. The molecule has 0 atom stereocenters. The summed E-state index contributed by atoms with van der Waals surface area (Å²) in [5.74, 6) is 0. The number of rotatable bonds is 4. The summed E-state index contributed by atoms with van der Waals surface area (Å²) in [7, 11) is 0. The lowest BCUT2D eigenvalue weighted by molar-refractivity contribution is 1.61. The molecule has 0 N–H and O–H groups in total. The molecule has 0 aliphatic heterocycles. The van der Waals surface area contributed by atoms with E-state index in [1.54, 1.807) is 5.37 Å². The predicted octanol–water partition coefficient (Wildman–Crippen LogP) is 3.62. The Hall–Kier alpha value is -0.950. The Balaban J connectivity index is 4.55. The van der Waals surface area contributed by atoms with Crippen LogP contribution < -0.4 is 0 Å². The molecule has 0 nitrogen and oxygen atoms in total. The van der Waals surface area contributed by atoms with Crippen molar-refractivity contribution in [3.63, 3.8) is 0 Å². The third kappa shape index (κ3) is 4.04. The molecule has 12 heavy (non-hydrogen) atoms. The lowest BCUT2D eigenvalue weighted by Crippen LogP contribution is -1.83. The van der Waals surface area contributed by atoms with Gasteiger partial charge in [-0.2, -0.15) is 0 Å². The SMILES string of the molecule is C=C(/C=C\C)/C(C=S)=C\C=C/C. The van der Waals surface area contributed by atoms with Gasteiger partial charge in [0.15, 0.2) is 0 Å². The Labute approximate surface area is 80.0 Å². The van der Waals surface area contributed by atoms with Crippen molar-refractivity contribution in [2.45, 2.75) is 13.8 Å². The van der Waals surface area contributed by atoms with Crippen LogP contribution in [-0.2, 0) is 0 Å². The first-order valence-electron chi connectivity index (χ1n) is 3.86. The molecule has 0 spiro atoms. The van der Waals surface area contributed by atoms with Gasteiger partial charge in [-0.05, 0) is 25.0 Å². The smallest absolute Gasteiger partial charge is 0.00919 e. The second-order valence-corrected chi connectivity index (χ2v) is 2.53. The van der Waals surface area contributed by atoms with E-state index >= 15 is 0 Å². The second-order valence-electron chi connectivity index (χ2n) is 2.29. The molecule has 0 rings (SSSR count). The highest BCUT2D eigenvalue weighted by molar-refractivity contribution is 7.79. The van der Waals surface area contributed by atoms with Crippen LogP contribution in [0.4, 0.5) is 0 Å². The van der Waals surface area contributed by atoms with E-state index in [1.807, 2.05) is 44.2 Å². The summed E-state index contributed by atoms with van der Waals surface area (Å²) in [6.45, 7) is 7.81. The van der Waals surface area contributed by atoms with Crippen LogP contribution >= 0.6 is 12.2 Å². The standard InChI is InChI=1S/C11H14S/c1-4-6-8-11(9-12)10(3)7-5-2/h4-9H,3H2,1-2H3/b6-4-,7-5-,11-8-. The fourth-order valence-electron chi connectivity index (χ4n) is 0.719. The molecule has 0 amide bonds. The molecule has 0 aliphatic rings. The van der Waals surface area contributed by atoms with Crippen molar-refractivity contribution in [2.75, 3.05) is 0 Å². The maximum absolute atomic E-state index is 4.86. The highest BCUT2D eigenvalue weighted by Crippen LogP contribution is 2.07. The first-order valence-corrected chi connectivity index (χ1v) is 4.33. The molecule has 0 bridgehead atoms. The molecule has 0 aromatic rings. The van der Waals surface area contributed by atoms with Crippen LogP contribution in [0.5, 0.6) is 0 Å². The Morgan fingerprint density at radius 2 is 1.92 bits per heavy atom. The quantitative estimate of drug-likeness (QED) is 0.360. The third-order valence-electron chi connectivity index (χ3n) is 1.33. The fraction of sp³-hybridized carbons (Fsp3) is 0.182. The normalized spacial score (nSPS) is 12.7. The van der Waals surface area contributed by atoms with Gasteiger partial charge in [0.05, 0.1) is 0 Å². The van der Waals surface area contributed by atoms with Gasteiger partial charge < -0.3 is 0 Å².